The van der Waals surface area contributed by atoms with Crippen LogP contribution >= 0.6 is 0 Å². The van der Waals surface area contributed by atoms with E-state index < -0.39 is 47.6 Å². The van der Waals surface area contributed by atoms with Gasteiger partial charge < -0.3 is 34.9 Å². The number of aromatic nitrogens is 1. The van der Waals surface area contributed by atoms with Gasteiger partial charge in [0.15, 0.2) is 0 Å². The molecule has 3 aliphatic rings. The fourth-order valence-corrected chi connectivity index (χ4v) is 5.54. The standard InChI is InChI=1S/C29H36N4O7/c1-17-24(30)27(35)33-16-21(40-26-22-9-8-20(37-2)13-18(22)10-11-31-26)14-23(33)25(34)32-29(28(36)38-3)15-19(29)7-5-4-6-12-39-17/h5,7-11,13,17,19,21,23-24H,4,6,12,14-16,30H2,1-3H3,(H,32,34)/b7-5-/t17-,19-,21-,23+,24+,29-/m1/s1. The molecule has 0 radical (unpaired) electrons. The number of pyridine rings is 1. The van der Waals surface area contributed by atoms with Crippen molar-refractivity contribution in [1.82, 2.24) is 15.2 Å². The summed E-state index contributed by atoms with van der Waals surface area (Å²) in [5.74, 6) is -0.469. The van der Waals surface area contributed by atoms with Gasteiger partial charge >= 0.3 is 5.97 Å². The highest BCUT2D eigenvalue weighted by Crippen LogP contribution is 2.46. The summed E-state index contributed by atoms with van der Waals surface area (Å²) in [6.45, 7) is 2.31. The van der Waals surface area contributed by atoms with Crippen molar-refractivity contribution in [2.75, 3.05) is 27.4 Å². The third kappa shape index (κ3) is 5.35. The second kappa shape index (κ2) is 11.4. The summed E-state index contributed by atoms with van der Waals surface area (Å²) in [6, 6.07) is 5.54. The number of rotatable bonds is 4. The summed E-state index contributed by atoms with van der Waals surface area (Å²) >= 11 is 0. The van der Waals surface area contributed by atoms with Crippen molar-refractivity contribution in [2.45, 2.75) is 62.4 Å². The number of nitrogens with two attached hydrogens (primary N) is 1. The Kier molecular flexibility index (Phi) is 7.95. The molecule has 11 heteroatoms. The van der Waals surface area contributed by atoms with Crippen molar-refractivity contribution in [3.63, 3.8) is 0 Å². The fourth-order valence-electron chi connectivity index (χ4n) is 5.54. The van der Waals surface area contributed by atoms with Crippen LogP contribution in [0.2, 0.25) is 0 Å². The van der Waals surface area contributed by atoms with E-state index >= 15 is 0 Å². The Morgan fingerprint density at radius 1 is 1.25 bits per heavy atom. The lowest BCUT2D eigenvalue weighted by Crippen LogP contribution is -2.57. The van der Waals surface area contributed by atoms with Gasteiger partial charge in [-0.2, -0.15) is 0 Å². The smallest absolute Gasteiger partial charge is 0.332 e. The van der Waals surface area contributed by atoms with Crippen LogP contribution in [0, 0.1) is 5.92 Å². The number of nitrogens with one attached hydrogen (secondary N) is 1. The molecule has 5 rings (SSSR count). The minimum Gasteiger partial charge on any atom is -0.497 e. The van der Waals surface area contributed by atoms with Gasteiger partial charge in [-0.15, -0.1) is 0 Å². The Hall–Kier alpha value is -3.70. The van der Waals surface area contributed by atoms with Gasteiger partial charge in [-0.25, -0.2) is 9.78 Å². The van der Waals surface area contributed by atoms with Crippen molar-refractivity contribution < 1.29 is 33.3 Å². The van der Waals surface area contributed by atoms with Crippen LogP contribution in [0.4, 0.5) is 0 Å². The Morgan fingerprint density at radius 2 is 2.08 bits per heavy atom. The van der Waals surface area contributed by atoms with Crippen LogP contribution in [-0.2, 0) is 23.9 Å². The Morgan fingerprint density at radius 3 is 2.85 bits per heavy atom. The third-order valence-electron chi connectivity index (χ3n) is 8.03. The maximum absolute atomic E-state index is 13.7. The second-order valence-electron chi connectivity index (χ2n) is 10.6. The van der Waals surface area contributed by atoms with Gasteiger partial charge in [-0.1, -0.05) is 12.2 Å². The molecule has 0 unspecified atom stereocenters. The lowest BCUT2D eigenvalue weighted by molar-refractivity contribution is -0.148. The molecular formula is C29H36N4O7. The van der Waals surface area contributed by atoms with E-state index in [4.69, 9.17) is 24.7 Å². The lowest BCUT2D eigenvalue weighted by atomic mass is 10.1. The van der Waals surface area contributed by atoms with Crippen LogP contribution in [0.25, 0.3) is 10.8 Å². The van der Waals surface area contributed by atoms with Crippen molar-refractivity contribution in [3.8, 4) is 11.6 Å². The van der Waals surface area contributed by atoms with E-state index in [1.165, 1.54) is 12.0 Å². The predicted molar refractivity (Wildman–Crippen MR) is 146 cm³/mol. The fraction of sp³-hybridized carbons (Fsp3) is 0.517. The molecule has 2 aliphatic heterocycles. The molecule has 0 spiro atoms. The quantitative estimate of drug-likeness (QED) is 0.428. The number of amides is 2. The maximum atomic E-state index is 13.7. The number of ether oxygens (including phenoxy) is 4. The first-order valence-electron chi connectivity index (χ1n) is 13.6. The summed E-state index contributed by atoms with van der Waals surface area (Å²) in [4.78, 5) is 46.0. The molecule has 1 aliphatic carbocycles. The van der Waals surface area contributed by atoms with E-state index in [2.05, 4.69) is 10.3 Å². The van der Waals surface area contributed by atoms with E-state index in [1.54, 1.807) is 20.2 Å². The van der Waals surface area contributed by atoms with E-state index in [0.29, 0.717) is 24.7 Å². The summed E-state index contributed by atoms with van der Waals surface area (Å²) in [5.41, 5.74) is 5.18. The molecule has 1 aromatic heterocycles. The molecule has 11 nitrogen and oxygen atoms in total. The average molecular weight is 553 g/mol. The van der Waals surface area contributed by atoms with Crippen LogP contribution < -0.4 is 20.5 Å². The molecule has 2 aromatic rings. The van der Waals surface area contributed by atoms with E-state index in [-0.39, 0.29) is 18.9 Å². The number of hydrogen-bond donors (Lipinski definition) is 2. The highest BCUT2D eigenvalue weighted by molar-refractivity contribution is 5.96. The molecule has 1 saturated carbocycles. The zero-order valence-corrected chi connectivity index (χ0v) is 23.0. The normalized spacial score (nSPS) is 31.7. The Bertz CT molecular complexity index is 1320. The van der Waals surface area contributed by atoms with Crippen molar-refractivity contribution in [3.05, 3.63) is 42.6 Å². The summed E-state index contributed by atoms with van der Waals surface area (Å²) in [6.07, 6.45) is 6.58. The van der Waals surface area contributed by atoms with Gasteiger partial charge in [0.05, 0.1) is 26.9 Å². The second-order valence-corrected chi connectivity index (χ2v) is 10.6. The third-order valence-corrected chi connectivity index (χ3v) is 8.03. The van der Waals surface area contributed by atoms with E-state index in [9.17, 15) is 14.4 Å². The largest absolute Gasteiger partial charge is 0.497 e. The van der Waals surface area contributed by atoms with Gasteiger partial charge in [0.2, 0.25) is 17.7 Å². The molecule has 0 bridgehead atoms. The first-order valence-corrected chi connectivity index (χ1v) is 13.6. The van der Waals surface area contributed by atoms with E-state index in [0.717, 1.165) is 23.6 Å². The number of carbonyl (C=O) groups is 3. The summed E-state index contributed by atoms with van der Waals surface area (Å²) < 4.78 is 22.5. The molecular weight excluding hydrogens is 516 g/mol. The average Bonchev–Trinajstić information content (AvgIpc) is 3.49. The first kappa shape index (κ1) is 27.9. The van der Waals surface area contributed by atoms with Gasteiger partial charge in [0.1, 0.15) is 29.5 Å². The molecule has 2 amide bonds. The number of benzene rings is 1. The number of esters is 1. The van der Waals surface area contributed by atoms with Crippen molar-refractivity contribution in [2.24, 2.45) is 11.7 Å². The van der Waals surface area contributed by atoms with Gasteiger partial charge in [-0.05, 0) is 55.8 Å². The zero-order chi connectivity index (χ0) is 28.4. The highest BCUT2D eigenvalue weighted by atomic mass is 16.5. The van der Waals surface area contributed by atoms with Gasteiger partial charge in [0.25, 0.3) is 0 Å². The highest BCUT2D eigenvalue weighted by Gasteiger charge is 2.62. The topological polar surface area (TPSA) is 142 Å². The number of hydrogen-bond acceptors (Lipinski definition) is 9. The summed E-state index contributed by atoms with van der Waals surface area (Å²) in [7, 11) is 2.90. The number of methoxy groups -OCH3 is 2. The van der Waals surface area contributed by atoms with Crippen molar-refractivity contribution in [1.29, 1.82) is 0 Å². The van der Waals surface area contributed by atoms with Crippen molar-refractivity contribution >= 4 is 28.6 Å². The Labute approximate surface area is 233 Å². The molecule has 6 atom stereocenters. The molecule has 2 fully saturated rings. The molecule has 3 heterocycles. The van der Waals surface area contributed by atoms with Crippen LogP contribution in [0.15, 0.2) is 42.6 Å². The minimum absolute atomic E-state index is 0.125. The molecule has 214 valence electrons. The number of nitrogens with zero attached hydrogens (tertiary/aromatic N) is 2. The number of fused-ring (bicyclic) bond motifs is 3. The lowest BCUT2D eigenvalue weighted by Gasteiger charge is -2.29. The van der Waals surface area contributed by atoms with E-state index in [1.807, 2.05) is 36.4 Å². The predicted octanol–water partition coefficient (Wildman–Crippen LogP) is 1.72. The molecule has 1 saturated heterocycles. The minimum atomic E-state index is -1.15. The first-order chi connectivity index (χ1) is 19.3. The molecule has 3 N–H and O–H groups in total. The Balaban J connectivity index is 1.43. The van der Waals surface area contributed by atoms with Crippen LogP contribution in [0.3, 0.4) is 0 Å². The monoisotopic (exact) mass is 552 g/mol. The molecule has 1 aromatic carbocycles. The van der Waals surface area contributed by atoms with Gasteiger partial charge in [-0.3, -0.25) is 9.59 Å². The SMILES string of the molecule is COC(=O)[C@@]12C[C@H]1/C=C\CCCO[C@H](C)[C@H](N)C(=O)N1C[C@H](Oc3nccc4cc(OC)ccc34)C[C@H]1C(=O)N2. The van der Waals surface area contributed by atoms with Crippen LogP contribution in [0.5, 0.6) is 11.6 Å². The number of carbonyl (C=O) groups excluding carboxylic acids is 3. The van der Waals surface area contributed by atoms with Crippen LogP contribution in [0.1, 0.15) is 32.6 Å². The molecule has 40 heavy (non-hydrogen) atoms. The zero-order valence-electron chi connectivity index (χ0n) is 23.0. The maximum Gasteiger partial charge on any atom is 0.332 e. The van der Waals surface area contributed by atoms with Crippen LogP contribution in [-0.4, -0.2) is 84.9 Å². The number of allylic oxidation sites excluding steroid dienone is 1. The van der Waals surface area contributed by atoms with Gasteiger partial charge in [0, 0.05) is 30.5 Å². The summed E-state index contributed by atoms with van der Waals surface area (Å²) in [5, 5.41) is 4.58.